The lowest BCUT2D eigenvalue weighted by molar-refractivity contribution is -0.122. The lowest BCUT2D eigenvalue weighted by Gasteiger charge is -2.02. The number of hydrazine groups is 1. The monoisotopic (exact) mass is 336 g/mol. The van der Waals surface area contributed by atoms with E-state index in [-0.39, 0.29) is 5.91 Å². The Morgan fingerprint density at radius 2 is 2.05 bits per heavy atom. The van der Waals surface area contributed by atoms with Crippen molar-refractivity contribution in [2.75, 3.05) is 0 Å². The summed E-state index contributed by atoms with van der Waals surface area (Å²) in [5.41, 5.74) is 0.796. The Labute approximate surface area is 135 Å². The summed E-state index contributed by atoms with van der Waals surface area (Å²) in [6.45, 7) is 0. The number of thiocarbonyl (C=S) groups is 1. The van der Waals surface area contributed by atoms with Crippen LogP contribution in [0.4, 0.5) is 0 Å². The molecule has 2 aromatic rings. The first-order valence-electron chi connectivity index (χ1n) is 5.93. The highest BCUT2D eigenvalue weighted by Gasteiger charge is 2.30. The fraction of sp³-hybridized carbons (Fsp3) is 0. The Balaban J connectivity index is 1.92. The minimum atomic E-state index is -0.333. The van der Waals surface area contributed by atoms with E-state index in [0.717, 1.165) is 22.3 Å². The normalized spacial score (nSPS) is 17.0. The average molecular weight is 337 g/mol. The lowest BCUT2D eigenvalue weighted by atomic mass is 10.2. The second-order valence-corrected chi connectivity index (χ2v) is 6.32. The Morgan fingerprint density at radius 3 is 2.71 bits per heavy atom. The second kappa shape index (κ2) is 5.65. The molecule has 0 saturated carbocycles. The van der Waals surface area contributed by atoms with E-state index in [0.29, 0.717) is 25.8 Å². The molecular weight excluding hydrogens is 328 g/mol. The largest absolute Gasteiger partial charge is 0.457 e. The van der Waals surface area contributed by atoms with Gasteiger partial charge in [-0.15, -0.1) is 0 Å². The third-order valence-electron chi connectivity index (χ3n) is 2.86. The molecule has 7 heteroatoms. The molecule has 0 spiro atoms. The molecule has 1 aromatic heterocycles. The van der Waals surface area contributed by atoms with Crippen molar-refractivity contribution in [2.24, 2.45) is 5.84 Å². The van der Waals surface area contributed by atoms with Gasteiger partial charge in [0.15, 0.2) is 4.32 Å². The fourth-order valence-electron chi connectivity index (χ4n) is 1.85. The van der Waals surface area contributed by atoms with Crippen molar-refractivity contribution in [1.82, 2.24) is 5.01 Å². The van der Waals surface area contributed by atoms with Crippen molar-refractivity contribution in [3.63, 3.8) is 0 Å². The van der Waals surface area contributed by atoms with Crippen molar-refractivity contribution in [3.8, 4) is 11.3 Å². The zero-order chi connectivity index (χ0) is 15.0. The van der Waals surface area contributed by atoms with Crippen LogP contribution < -0.4 is 5.84 Å². The number of halogens is 1. The Bertz CT molecular complexity index is 770. The molecule has 1 aromatic carbocycles. The van der Waals surface area contributed by atoms with Crippen molar-refractivity contribution in [3.05, 3.63) is 52.1 Å². The maximum Gasteiger partial charge on any atom is 0.280 e. The molecule has 2 N–H and O–H groups in total. The van der Waals surface area contributed by atoms with Gasteiger partial charge in [-0.1, -0.05) is 47.7 Å². The maximum atomic E-state index is 11.8. The molecule has 3 rings (SSSR count). The van der Waals surface area contributed by atoms with Crippen LogP contribution in [0.2, 0.25) is 5.02 Å². The van der Waals surface area contributed by atoms with Crippen LogP contribution in [0.3, 0.4) is 0 Å². The number of thioether (sulfide) groups is 1. The molecule has 1 aliphatic rings. The fourth-order valence-corrected chi connectivity index (χ4v) is 3.16. The van der Waals surface area contributed by atoms with Crippen LogP contribution in [0.5, 0.6) is 0 Å². The number of furan rings is 1. The molecule has 1 aliphatic heterocycles. The van der Waals surface area contributed by atoms with Crippen LogP contribution in [0, 0.1) is 0 Å². The number of rotatable bonds is 2. The van der Waals surface area contributed by atoms with E-state index in [1.54, 1.807) is 24.3 Å². The van der Waals surface area contributed by atoms with Gasteiger partial charge in [-0.05, 0) is 24.3 Å². The van der Waals surface area contributed by atoms with Gasteiger partial charge in [0.25, 0.3) is 5.91 Å². The quantitative estimate of drug-likeness (QED) is 0.392. The van der Waals surface area contributed by atoms with Crippen LogP contribution in [-0.4, -0.2) is 15.2 Å². The summed E-state index contributed by atoms with van der Waals surface area (Å²) in [6, 6.07) is 11.0. The zero-order valence-electron chi connectivity index (χ0n) is 10.6. The standard InChI is InChI=1S/C14H9ClN2O2S2/c15-10-4-2-1-3-9(10)11-6-5-8(19-11)7-12-13(18)17(16)14(20)21-12/h1-7H,16H2. The van der Waals surface area contributed by atoms with E-state index in [4.69, 9.17) is 34.1 Å². The van der Waals surface area contributed by atoms with Crippen molar-refractivity contribution in [2.45, 2.75) is 0 Å². The summed E-state index contributed by atoms with van der Waals surface area (Å²) in [4.78, 5) is 12.2. The number of carbonyl (C=O) groups is 1. The maximum absolute atomic E-state index is 11.8. The summed E-state index contributed by atoms with van der Waals surface area (Å²) < 4.78 is 6.03. The highest BCUT2D eigenvalue weighted by atomic mass is 35.5. The summed E-state index contributed by atoms with van der Waals surface area (Å²) in [7, 11) is 0. The van der Waals surface area contributed by atoms with E-state index >= 15 is 0 Å². The second-order valence-electron chi connectivity index (χ2n) is 4.23. The van der Waals surface area contributed by atoms with Crippen LogP contribution >= 0.6 is 35.6 Å². The van der Waals surface area contributed by atoms with Gasteiger partial charge in [0.05, 0.1) is 9.93 Å². The predicted octanol–water partition coefficient (Wildman–Crippen LogP) is 3.67. The molecule has 0 radical (unpaired) electrons. The van der Waals surface area contributed by atoms with Gasteiger partial charge in [-0.2, -0.15) is 0 Å². The molecule has 0 atom stereocenters. The first kappa shape index (κ1) is 14.3. The third-order valence-corrected chi connectivity index (χ3v) is 4.52. The molecule has 2 heterocycles. The van der Waals surface area contributed by atoms with Crippen LogP contribution in [0.1, 0.15) is 5.76 Å². The number of amides is 1. The highest BCUT2D eigenvalue weighted by Crippen LogP contribution is 2.33. The number of benzene rings is 1. The number of hydrogen-bond acceptors (Lipinski definition) is 5. The number of nitrogens with zero attached hydrogens (tertiary/aromatic N) is 1. The minimum absolute atomic E-state index is 0.323. The van der Waals surface area contributed by atoms with Crippen molar-refractivity contribution >= 4 is 51.9 Å². The Morgan fingerprint density at radius 1 is 1.29 bits per heavy atom. The molecule has 4 nitrogen and oxygen atoms in total. The highest BCUT2D eigenvalue weighted by molar-refractivity contribution is 8.26. The minimum Gasteiger partial charge on any atom is -0.457 e. The van der Waals surface area contributed by atoms with E-state index in [1.807, 2.05) is 18.2 Å². The summed E-state index contributed by atoms with van der Waals surface area (Å²) >= 11 is 12.2. The summed E-state index contributed by atoms with van der Waals surface area (Å²) in [5.74, 6) is 6.36. The van der Waals surface area contributed by atoms with E-state index in [2.05, 4.69) is 0 Å². The average Bonchev–Trinajstić information content (AvgIpc) is 3.01. The molecule has 0 aliphatic carbocycles. The Kier molecular flexibility index (Phi) is 3.86. The van der Waals surface area contributed by atoms with Gasteiger partial charge in [0, 0.05) is 11.6 Å². The summed E-state index contributed by atoms with van der Waals surface area (Å²) in [6.07, 6.45) is 1.62. The van der Waals surface area contributed by atoms with Gasteiger partial charge in [0.2, 0.25) is 0 Å². The molecule has 1 fully saturated rings. The zero-order valence-corrected chi connectivity index (χ0v) is 13.0. The molecule has 0 unspecified atom stereocenters. The third kappa shape index (κ3) is 2.75. The van der Waals surface area contributed by atoms with Crippen LogP contribution in [0.25, 0.3) is 17.4 Å². The van der Waals surface area contributed by atoms with Crippen molar-refractivity contribution < 1.29 is 9.21 Å². The van der Waals surface area contributed by atoms with Crippen LogP contribution in [-0.2, 0) is 4.79 Å². The van der Waals surface area contributed by atoms with Crippen LogP contribution in [0.15, 0.2) is 45.7 Å². The van der Waals surface area contributed by atoms with Crippen molar-refractivity contribution in [1.29, 1.82) is 0 Å². The smallest absolute Gasteiger partial charge is 0.280 e. The Hall–Kier alpha value is -1.60. The van der Waals surface area contributed by atoms with Gasteiger partial charge in [-0.3, -0.25) is 4.79 Å². The first-order valence-corrected chi connectivity index (χ1v) is 7.54. The van der Waals surface area contributed by atoms with Gasteiger partial charge >= 0.3 is 0 Å². The van der Waals surface area contributed by atoms with E-state index < -0.39 is 0 Å². The van der Waals surface area contributed by atoms with Gasteiger partial charge in [0.1, 0.15) is 11.5 Å². The number of hydrogen-bond donors (Lipinski definition) is 1. The molecule has 0 bridgehead atoms. The molecule has 21 heavy (non-hydrogen) atoms. The number of carbonyl (C=O) groups excluding carboxylic acids is 1. The van der Waals surface area contributed by atoms with Gasteiger partial charge in [-0.25, -0.2) is 10.9 Å². The molecule has 1 saturated heterocycles. The SMILES string of the molecule is NN1C(=O)C(=Cc2ccc(-c3ccccc3Cl)o2)SC1=S. The van der Waals surface area contributed by atoms with E-state index in [1.165, 1.54) is 0 Å². The predicted molar refractivity (Wildman–Crippen MR) is 88.4 cm³/mol. The van der Waals surface area contributed by atoms with Gasteiger partial charge < -0.3 is 4.42 Å². The molecule has 106 valence electrons. The molecule has 1 amide bonds. The van der Waals surface area contributed by atoms with E-state index in [9.17, 15) is 4.79 Å². The molecular formula is C14H9ClN2O2S2. The first-order chi connectivity index (χ1) is 10.1. The number of nitrogens with two attached hydrogens (primary N) is 1. The topological polar surface area (TPSA) is 59.5 Å². The summed E-state index contributed by atoms with van der Waals surface area (Å²) in [5, 5.41) is 1.55. The lowest BCUT2D eigenvalue weighted by Crippen LogP contribution is -2.34.